The molecule has 350 valence electrons. The van der Waals surface area contributed by atoms with Gasteiger partial charge in [0.2, 0.25) is 5.91 Å². The van der Waals surface area contributed by atoms with Crippen LogP contribution in [0.25, 0.3) is 44.2 Å². The molecule has 4 N–H and O–H groups in total. The predicted molar refractivity (Wildman–Crippen MR) is 254 cm³/mol. The number of aromatic nitrogens is 4. The summed E-state index contributed by atoms with van der Waals surface area (Å²) < 4.78 is 21.7. The molecular formula is C51H58N8O8. The van der Waals surface area contributed by atoms with Crippen molar-refractivity contribution in [3.05, 3.63) is 114 Å². The van der Waals surface area contributed by atoms with E-state index in [2.05, 4.69) is 51.4 Å². The van der Waals surface area contributed by atoms with Crippen LogP contribution in [0, 0.1) is 11.8 Å². The van der Waals surface area contributed by atoms with Gasteiger partial charge in [-0.3, -0.25) is 9.59 Å². The van der Waals surface area contributed by atoms with E-state index in [-0.39, 0.29) is 29.7 Å². The van der Waals surface area contributed by atoms with Gasteiger partial charge in [-0.25, -0.2) is 19.6 Å². The third kappa shape index (κ3) is 8.92. The van der Waals surface area contributed by atoms with Gasteiger partial charge in [-0.15, -0.1) is 0 Å². The van der Waals surface area contributed by atoms with Crippen molar-refractivity contribution in [1.82, 2.24) is 40.4 Å². The van der Waals surface area contributed by atoms with Crippen molar-refractivity contribution in [2.45, 2.75) is 77.9 Å². The summed E-state index contributed by atoms with van der Waals surface area (Å²) in [5.74, 6) is 1.04. The van der Waals surface area contributed by atoms with Crippen LogP contribution in [0.3, 0.4) is 0 Å². The normalized spacial score (nSPS) is 17.3. The summed E-state index contributed by atoms with van der Waals surface area (Å²) in [6.45, 7) is 15.2. The van der Waals surface area contributed by atoms with Gasteiger partial charge in [-0.2, -0.15) is 0 Å². The van der Waals surface area contributed by atoms with E-state index < -0.39 is 36.4 Å². The number of nitrogens with zero attached hydrogens (tertiary/aromatic N) is 4. The molecule has 2 aromatic heterocycles. The maximum Gasteiger partial charge on any atom is 0.407 e. The maximum absolute atomic E-state index is 14.4. The van der Waals surface area contributed by atoms with Crippen molar-refractivity contribution in [2.75, 3.05) is 34.5 Å². The number of hydrogen-bond acceptors (Lipinski definition) is 10. The second-order valence-corrected chi connectivity index (χ2v) is 17.6. The topological polar surface area (TPSA) is 193 Å². The van der Waals surface area contributed by atoms with Gasteiger partial charge in [0.05, 0.1) is 49.8 Å². The number of amides is 4. The van der Waals surface area contributed by atoms with E-state index in [1.165, 1.54) is 14.2 Å². The Morgan fingerprint density at radius 3 is 2.37 bits per heavy atom. The molecular weight excluding hydrogens is 853 g/mol. The first kappa shape index (κ1) is 46.3. The van der Waals surface area contributed by atoms with E-state index in [0.717, 1.165) is 61.1 Å². The van der Waals surface area contributed by atoms with Crippen LogP contribution in [0.4, 0.5) is 9.59 Å². The van der Waals surface area contributed by atoms with E-state index in [9.17, 15) is 19.2 Å². The second-order valence-electron chi connectivity index (χ2n) is 17.6. The summed E-state index contributed by atoms with van der Waals surface area (Å²) in [7, 11) is 4.16. The molecule has 4 aromatic carbocycles. The van der Waals surface area contributed by atoms with Crippen molar-refractivity contribution < 1.29 is 38.1 Å². The number of carbonyl (C=O) groups is 4. The van der Waals surface area contributed by atoms with Crippen LogP contribution in [0.5, 0.6) is 5.75 Å². The van der Waals surface area contributed by atoms with Crippen LogP contribution in [0.2, 0.25) is 0 Å². The Labute approximate surface area is 389 Å². The van der Waals surface area contributed by atoms with E-state index >= 15 is 0 Å². The number of alkyl carbamates (subject to hydrolysis) is 2. The van der Waals surface area contributed by atoms with Gasteiger partial charge in [0.15, 0.2) is 0 Å². The minimum absolute atomic E-state index is 0.136. The number of methoxy groups -OCH3 is 3. The van der Waals surface area contributed by atoms with Crippen LogP contribution in [-0.2, 0) is 30.4 Å². The summed E-state index contributed by atoms with van der Waals surface area (Å²) in [6.07, 6.45) is 1.09. The Morgan fingerprint density at radius 2 is 1.67 bits per heavy atom. The van der Waals surface area contributed by atoms with Gasteiger partial charge < -0.3 is 49.3 Å². The molecule has 16 heteroatoms. The lowest BCUT2D eigenvalue weighted by Gasteiger charge is -2.37. The highest BCUT2D eigenvalue weighted by Gasteiger charge is 2.44. The third-order valence-corrected chi connectivity index (χ3v) is 13.1. The van der Waals surface area contributed by atoms with E-state index in [4.69, 9.17) is 28.9 Å². The fourth-order valence-electron chi connectivity index (χ4n) is 9.33. The molecule has 1 fully saturated rings. The molecule has 0 spiro atoms. The highest BCUT2D eigenvalue weighted by molar-refractivity contribution is 6.07. The Morgan fingerprint density at radius 1 is 0.925 bits per heavy atom. The van der Waals surface area contributed by atoms with Gasteiger partial charge >= 0.3 is 12.2 Å². The number of fused-ring (bicyclic) bond motifs is 6. The molecule has 2 aliphatic rings. The molecule has 6 atom stereocenters. The third-order valence-electron chi connectivity index (χ3n) is 13.1. The zero-order chi connectivity index (χ0) is 47.7. The van der Waals surface area contributed by atoms with Crippen molar-refractivity contribution in [1.29, 1.82) is 0 Å². The average molecular weight is 911 g/mol. The summed E-state index contributed by atoms with van der Waals surface area (Å²) >= 11 is 0. The summed E-state index contributed by atoms with van der Waals surface area (Å²) in [5, 5.41) is 7.34. The molecule has 8 rings (SSSR count). The lowest BCUT2D eigenvalue weighted by molar-refractivity contribution is -0.139. The summed E-state index contributed by atoms with van der Waals surface area (Å²) in [5.41, 5.74) is 7.61. The minimum atomic E-state index is -1.00. The number of H-pyrrole nitrogens is 2. The van der Waals surface area contributed by atoms with Crippen molar-refractivity contribution in [3.8, 4) is 28.1 Å². The molecule has 6 aromatic rings. The Kier molecular flexibility index (Phi) is 13.4. The number of nitrogens with one attached hydrogen (secondary N) is 4. The fraction of sp³-hybridized carbons (Fsp3) is 0.373. The zero-order valence-corrected chi connectivity index (χ0v) is 39.1. The molecule has 0 radical (unpaired) electrons. The summed E-state index contributed by atoms with van der Waals surface area (Å²) in [4.78, 5) is 73.6. The number of carbonyl (C=O) groups excluding carboxylic acids is 4. The van der Waals surface area contributed by atoms with E-state index in [1.54, 1.807) is 35.2 Å². The lowest BCUT2D eigenvalue weighted by atomic mass is 9.92. The van der Waals surface area contributed by atoms with Crippen LogP contribution >= 0.6 is 0 Å². The quantitative estimate of drug-likeness (QED) is 0.0770. The number of aromatic amines is 2. The van der Waals surface area contributed by atoms with Crippen molar-refractivity contribution >= 4 is 45.8 Å². The Balaban J connectivity index is 1.07. The number of ether oxygens (including phenoxy) is 4. The highest BCUT2D eigenvalue weighted by atomic mass is 16.5. The maximum atomic E-state index is 14.4. The smallest absolute Gasteiger partial charge is 0.407 e. The van der Waals surface area contributed by atoms with Gasteiger partial charge in [0, 0.05) is 36.6 Å². The first-order valence-electron chi connectivity index (χ1n) is 22.6. The molecule has 0 saturated carbocycles. The second kappa shape index (κ2) is 19.3. The first-order valence-corrected chi connectivity index (χ1v) is 22.6. The monoisotopic (exact) mass is 910 g/mol. The molecule has 0 bridgehead atoms. The largest absolute Gasteiger partial charge is 0.488 e. The number of imidazole rings is 2. The van der Waals surface area contributed by atoms with Gasteiger partial charge in [-0.1, -0.05) is 75.9 Å². The Hall–Kier alpha value is -7.20. The lowest BCUT2D eigenvalue weighted by Crippen LogP contribution is -2.54. The molecule has 0 aliphatic carbocycles. The number of benzene rings is 4. The van der Waals surface area contributed by atoms with Crippen LogP contribution in [-0.4, -0.2) is 100 Å². The van der Waals surface area contributed by atoms with Crippen molar-refractivity contribution in [2.24, 2.45) is 11.8 Å². The molecule has 4 heterocycles. The van der Waals surface area contributed by atoms with Crippen molar-refractivity contribution in [3.63, 3.8) is 0 Å². The number of rotatable bonds is 14. The highest BCUT2D eigenvalue weighted by Crippen LogP contribution is 2.44. The van der Waals surface area contributed by atoms with E-state index in [1.807, 2.05) is 71.0 Å². The molecule has 16 nitrogen and oxygen atoms in total. The molecule has 4 amide bonds. The van der Waals surface area contributed by atoms with Gasteiger partial charge in [-0.05, 0) is 83.7 Å². The predicted octanol–water partition coefficient (Wildman–Crippen LogP) is 8.53. The van der Waals surface area contributed by atoms with Gasteiger partial charge in [0.1, 0.15) is 42.1 Å². The molecule has 1 saturated heterocycles. The average Bonchev–Trinajstić information content (AvgIpc) is 4.09. The molecule has 67 heavy (non-hydrogen) atoms. The van der Waals surface area contributed by atoms with E-state index in [0.29, 0.717) is 43.4 Å². The molecule has 6 unspecified atom stereocenters. The number of likely N-dealkylation sites (tertiary alicyclic amines) is 1. The Bertz CT molecular complexity index is 2840. The number of hydrogen-bond donors (Lipinski definition) is 4. The minimum Gasteiger partial charge on any atom is -0.488 e. The fourth-order valence-corrected chi connectivity index (χ4v) is 9.33. The van der Waals surface area contributed by atoms with Crippen LogP contribution in [0.1, 0.15) is 81.9 Å². The summed E-state index contributed by atoms with van der Waals surface area (Å²) in [6, 6.07) is 20.5. The van der Waals surface area contributed by atoms with Crippen LogP contribution < -0.4 is 15.4 Å². The first-order chi connectivity index (χ1) is 32.3. The van der Waals surface area contributed by atoms with Crippen LogP contribution in [0.15, 0.2) is 91.1 Å². The van der Waals surface area contributed by atoms with Gasteiger partial charge in [0.25, 0.3) is 5.91 Å². The molecule has 2 aliphatic heterocycles. The SMILES string of the molecule is C=C1C(COC)CN(C(=O)C(NC(=O)OC)c2ccccc2)C1c1ncc(-c2ccc3c(c2)COc2cc4c(ccc5[nH]c(C(C)N(C(=O)C(NC(=O)OC)C(C)C)C(C)CC)nc54)cc2-3)[nH]1. The zero-order valence-electron chi connectivity index (χ0n) is 39.1. The standard InChI is InChI=1S/C51H58N8O8/c1-10-28(4)59(49(61)42(27(2)3)56-50(62)65-8)30(6)46-53-39-19-17-32-21-38-36-18-16-33(20-34(36)26-67-41(38)22-37(32)44(39)55-46)40-23-52-47(54-40)45-29(5)35(25-64-7)24-58(45)48(60)43(57-51(63)66-9)31-14-12-11-13-15-31/h11-23,27-28,30,35,42-43,45H,5,10,24-26H2,1-4,6-9H3,(H,52,54)(H,53,55)(H,56,62)(H,57,63).